The smallest absolute Gasteiger partial charge is 0.128 e. The van der Waals surface area contributed by atoms with Gasteiger partial charge < -0.3 is 11.1 Å². The molecule has 0 fully saturated rings. The Labute approximate surface area is 129 Å². The van der Waals surface area contributed by atoms with Crippen LogP contribution >= 0.6 is 11.6 Å². The summed E-state index contributed by atoms with van der Waals surface area (Å²) >= 11 is 6.12. The fraction of sp³-hybridized carbons (Fsp3) is 0.312. The Kier molecular flexibility index (Phi) is 5.15. The first kappa shape index (κ1) is 15.7. The summed E-state index contributed by atoms with van der Waals surface area (Å²) < 4.78 is 13.1. The first-order chi connectivity index (χ1) is 10.0. The maximum Gasteiger partial charge on any atom is 0.128 e. The van der Waals surface area contributed by atoms with E-state index >= 15 is 0 Å². The van der Waals surface area contributed by atoms with Gasteiger partial charge >= 0.3 is 0 Å². The molecule has 0 saturated carbocycles. The minimum Gasteiger partial charge on any atom is -0.383 e. The van der Waals surface area contributed by atoms with Gasteiger partial charge in [-0.2, -0.15) is 0 Å². The summed E-state index contributed by atoms with van der Waals surface area (Å²) in [4.78, 5) is 4.20. The molecule has 0 aliphatic rings. The minimum absolute atomic E-state index is 0.00892. The molecule has 0 radical (unpaired) electrons. The van der Waals surface area contributed by atoms with Crippen LogP contribution < -0.4 is 11.1 Å². The number of pyridine rings is 1. The number of anilines is 1. The lowest BCUT2D eigenvalue weighted by atomic mass is 9.98. The lowest BCUT2D eigenvalue weighted by Gasteiger charge is -2.20. The van der Waals surface area contributed by atoms with Crippen molar-refractivity contribution in [3.63, 3.8) is 0 Å². The molecule has 2 aromatic rings. The maximum atomic E-state index is 13.1. The summed E-state index contributed by atoms with van der Waals surface area (Å²) in [6.45, 7) is 4.79. The third-order valence-electron chi connectivity index (χ3n) is 3.35. The number of nitrogen functional groups attached to an aromatic ring is 1. The molecule has 1 atom stereocenters. The molecule has 0 amide bonds. The summed E-state index contributed by atoms with van der Waals surface area (Å²) in [5.74, 6) is 0.172. The van der Waals surface area contributed by atoms with Gasteiger partial charge in [0.2, 0.25) is 0 Å². The topological polar surface area (TPSA) is 50.9 Å². The number of nitrogens with one attached hydrogen (secondary N) is 1. The van der Waals surface area contributed by atoms with E-state index in [1.165, 1.54) is 12.1 Å². The quantitative estimate of drug-likeness (QED) is 0.886. The SMILES string of the molecule is CCNC(Cc1ccc(F)cc1Cl)c1cc(C)cnc1N. The van der Waals surface area contributed by atoms with Gasteiger partial charge in [-0.15, -0.1) is 0 Å². The maximum absolute atomic E-state index is 13.1. The van der Waals surface area contributed by atoms with Gasteiger partial charge in [-0.05, 0) is 49.2 Å². The summed E-state index contributed by atoms with van der Waals surface area (Å²) in [6.07, 6.45) is 2.37. The first-order valence-electron chi connectivity index (χ1n) is 6.90. The van der Waals surface area contributed by atoms with E-state index in [4.69, 9.17) is 17.3 Å². The van der Waals surface area contributed by atoms with Gasteiger partial charge in [-0.1, -0.05) is 24.6 Å². The van der Waals surface area contributed by atoms with Crippen LogP contribution in [-0.4, -0.2) is 11.5 Å². The van der Waals surface area contributed by atoms with Crippen LogP contribution in [0.15, 0.2) is 30.5 Å². The van der Waals surface area contributed by atoms with Gasteiger partial charge in [0.1, 0.15) is 11.6 Å². The highest BCUT2D eigenvalue weighted by Crippen LogP contribution is 2.27. The summed E-state index contributed by atoms with van der Waals surface area (Å²) in [5, 5.41) is 3.81. The molecule has 3 nitrogen and oxygen atoms in total. The zero-order valence-corrected chi connectivity index (χ0v) is 12.9. The molecule has 112 valence electrons. The molecule has 21 heavy (non-hydrogen) atoms. The number of nitrogens with zero attached hydrogens (tertiary/aromatic N) is 1. The highest BCUT2D eigenvalue weighted by Gasteiger charge is 2.17. The van der Waals surface area contributed by atoms with E-state index in [-0.39, 0.29) is 11.9 Å². The van der Waals surface area contributed by atoms with Crippen molar-refractivity contribution in [1.29, 1.82) is 0 Å². The van der Waals surface area contributed by atoms with Gasteiger partial charge in [0.25, 0.3) is 0 Å². The molecule has 0 spiro atoms. The van der Waals surface area contributed by atoms with Crippen LogP contribution in [0.1, 0.15) is 29.7 Å². The Morgan fingerprint density at radius 2 is 2.14 bits per heavy atom. The Hall–Kier alpha value is -1.65. The van der Waals surface area contributed by atoms with E-state index < -0.39 is 0 Å². The van der Waals surface area contributed by atoms with E-state index in [0.717, 1.165) is 23.2 Å². The number of nitrogens with two attached hydrogens (primary N) is 1. The fourth-order valence-electron chi connectivity index (χ4n) is 2.33. The van der Waals surface area contributed by atoms with Gasteiger partial charge in [-0.25, -0.2) is 9.37 Å². The van der Waals surface area contributed by atoms with Crippen molar-refractivity contribution < 1.29 is 4.39 Å². The predicted octanol–water partition coefficient (Wildman–Crippen LogP) is 3.66. The molecular formula is C16H19ClFN3. The molecule has 1 unspecified atom stereocenters. The number of hydrogen-bond donors (Lipinski definition) is 2. The van der Waals surface area contributed by atoms with E-state index in [9.17, 15) is 4.39 Å². The van der Waals surface area contributed by atoms with Gasteiger partial charge in [0, 0.05) is 22.8 Å². The van der Waals surface area contributed by atoms with Crippen molar-refractivity contribution >= 4 is 17.4 Å². The zero-order chi connectivity index (χ0) is 15.4. The van der Waals surface area contributed by atoms with Crippen LogP contribution in [0.3, 0.4) is 0 Å². The van der Waals surface area contributed by atoms with Crippen LogP contribution in [0.4, 0.5) is 10.2 Å². The molecule has 3 N–H and O–H groups in total. The van der Waals surface area contributed by atoms with Crippen LogP contribution in [0, 0.1) is 12.7 Å². The number of likely N-dealkylation sites (N-methyl/N-ethyl adjacent to an activating group) is 1. The molecule has 1 heterocycles. The van der Waals surface area contributed by atoms with E-state index in [2.05, 4.69) is 10.3 Å². The standard InChI is InChI=1S/C16H19ClFN3/c1-3-20-15(13-6-10(2)9-21-16(13)19)7-11-4-5-12(18)8-14(11)17/h4-6,8-9,15,20H,3,7H2,1-2H3,(H2,19,21). The van der Waals surface area contributed by atoms with Crippen LogP contribution in [-0.2, 0) is 6.42 Å². The van der Waals surface area contributed by atoms with Crippen molar-refractivity contribution in [1.82, 2.24) is 10.3 Å². The zero-order valence-electron chi connectivity index (χ0n) is 12.2. The lowest BCUT2D eigenvalue weighted by Crippen LogP contribution is -2.24. The third kappa shape index (κ3) is 3.93. The number of benzene rings is 1. The normalized spacial score (nSPS) is 12.4. The Morgan fingerprint density at radius 3 is 2.81 bits per heavy atom. The van der Waals surface area contributed by atoms with Crippen molar-refractivity contribution in [2.45, 2.75) is 26.3 Å². The Bertz CT molecular complexity index is 631. The average molecular weight is 308 g/mol. The molecule has 5 heteroatoms. The number of halogens is 2. The van der Waals surface area contributed by atoms with E-state index in [1.807, 2.05) is 19.9 Å². The largest absolute Gasteiger partial charge is 0.383 e. The molecular weight excluding hydrogens is 289 g/mol. The number of aromatic nitrogens is 1. The monoisotopic (exact) mass is 307 g/mol. The predicted molar refractivity (Wildman–Crippen MR) is 84.9 cm³/mol. The number of rotatable bonds is 5. The average Bonchev–Trinajstić information content (AvgIpc) is 2.44. The summed E-state index contributed by atoms with van der Waals surface area (Å²) in [7, 11) is 0. The van der Waals surface area contributed by atoms with Crippen LogP contribution in [0.2, 0.25) is 5.02 Å². The molecule has 0 aliphatic carbocycles. The molecule has 1 aromatic carbocycles. The third-order valence-corrected chi connectivity index (χ3v) is 3.70. The molecule has 0 saturated heterocycles. The van der Waals surface area contributed by atoms with Gasteiger partial charge in [0.05, 0.1) is 0 Å². The number of hydrogen-bond acceptors (Lipinski definition) is 3. The summed E-state index contributed by atoms with van der Waals surface area (Å²) in [5.41, 5.74) is 8.86. The van der Waals surface area contributed by atoms with Crippen molar-refractivity contribution in [3.05, 3.63) is 58.0 Å². The number of aryl methyl sites for hydroxylation is 1. The van der Waals surface area contributed by atoms with E-state index in [1.54, 1.807) is 12.3 Å². The van der Waals surface area contributed by atoms with Crippen molar-refractivity contribution in [2.24, 2.45) is 0 Å². The second-order valence-corrected chi connectivity index (χ2v) is 5.44. The first-order valence-corrected chi connectivity index (χ1v) is 7.28. The highest BCUT2D eigenvalue weighted by molar-refractivity contribution is 6.31. The fourth-order valence-corrected chi connectivity index (χ4v) is 2.57. The Morgan fingerprint density at radius 1 is 1.38 bits per heavy atom. The summed E-state index contributed by atoms with van der Waals surface area (Å²) in [6, 6.07) is 6.47. The van der Waals surface area contributed by atoms with Crippen LogP contribution in [0.5, 0.6) is 0 Å². The second kappa shape index (κ2) is 6.87. The molecule has 2 rings (SSSR count). The molecule has 0 bridgehead atoms. The van der Waals surface area contributed by atoms with Crippen molar-refractivity contribution in [3.8, 4) is 0 Å². The molecule has 0 aliphatic heterocycles. The second-order valence-electron chi connectivity index (χ2n) is 5.04. The highest BCUT2D eigenvalue weighted by atomic mass is 35.5. The minimum atomic E-state index is -0.333. The van der Waals surface area contributed by atoms with E-state index in [0.29, 0.717) is 17.3 Å². The van der Waals surface area contributed by atoms with Crippen molar-refractivity contribution in [2.75, 3.05) is 12.3 Å². The Balaban J connectivity index is 2.32. The van der Waals surface area contributed by atoms with Gasteiger partial charge in [0.15, 0.2) is 0 Å². The van der Waals surface area contributed by atoms with Crippen LogP contribution in [0.25, 0.3) is 0 Å². The molecule has 1 aromatic heterocycles. The van der Waals surface area contributed by atoms with Gasteiger partial charge in [-0.3, -0.25) is 0 Å². The lowest BCUT2D eigenvalue weighted by molar-refractivity contribution is 0.548.